The number of nitrogens with zero attached hydrogens (tertiary/aromatic N) is 3. The minimum absolute atomic E-state index is 0.0579. The number of aromatic amines is 1. The number of aromatic nitrogens is 4. The molecule has 0 aliphatic carbocycles. The molecule has 168 valence electrons. The predicted molar refractivity (Wildman–Crippen MR) is 127 cm³/mol. The number of H-pyrrole nitrogens is 1. The van der Waals surface area contributed by atoms with Gasteiger partial charge in [-0.3, -0.25) is 4.79 Å². The number of nitrogens with one attached hydrogen (secondary N) is 2. The van der Waals surface area contributed by atoms with E-state index in [1.165, 1.54) is 17.3 Å². The number of benzene rings is 2. The summed E-state index contributed by atoms with van der Waals surface area (Å²) in [6.45, 7) is 2.47. The van der Waals surface area contributed by atoms with Crippen LogP contribution in [0.1, 0.15) is 11.1 Å². The quantitative estimate of drug-likeness (QED) is 0.406. The Morgan fingerprint density at radius 2 is 2.15 bits per heavy atom. The first kappa shape index (κ1) is 21.3. The summed E-state index contributed by atoms with van der Waals surface area (Å²) >= 11 is 1.39. The van der Waals surface area contributed by atoms with Crippen molar-refractivity contribution in [3.05, 3.63) is 59.7 Å². The van der Waals surface area contributed by atoms with Crippen LogP contribution < -0.4 is 14.8 Å². The number of fused-ring (bicyclic) bond motifs is 2. The molecule has 1 atom stereocenters. The van der Waals surface area contributed by atoms with Gasteiger partial charge in [0, 0.05) is 18.1 Å². The number of carbonyl (C=O) groups is 1. The highest BCUT2D eigenvalue weighted by atomic mass is 32.2. The number of rotatable bonds is 7. The average molecular weight is 462 g/mol. The number of hydrogen-bond donors (Lipinski definition) is 2. The second-order valence-corrected chi connectivity index (χ2v) is 8.82. The predicted octanol–water partition coefficient (Wildman–Crippen LogP) is 3.55. The Kier molecular flexibility index (Phi) is 5.87. The van der Waals surface area contributed by atoms with Crippen molar-refractivity contribution in [2.24, 2.45) is 0 Å². The van der Waals surface area contributed by atoms with E-state index in [1.54, 1.807) is 13.2 Å². The minimum atomic E-state index is -0.129. The van der Waals surface area contributed by atoms with Crippen LogP contribution in [0.5, 0.6) is 11.6 Å². The number of ether oxygens (including phenoxy) is 2. The van der Waals surface area contributed by atoms with E-state index < -0.39 is 0 Å². The van der Waals surface area contributed by atoms with E-state index in [0.717, 1.165) is 45.2 Å². The first-order chi connectivity index (χ1) is 16.1. The van der Waals surface area contributed by atoms with Crippen molar-refractivity contribution in [2.45, 2.75) is 24.6 Å². The maximum Gasteiger partial charge on any atom is 0.233 e. The van der Waals surface area contributed by atoms with Crippen molar-refractivity contribution in [3.8, 4) is 22.9 Å². The van der Waals surface area contributed by atoms with Gasteiger partial charge in [-0.2, -0.15) is 0 Å². The summed E-state index contributed by atoms with van der Waals surface area (Å²) in [5.74, 6) is 1.48. The molecule has 3 heterocycles. The van der Waals surface area contributed by atoms with E-state index in [0.29, 0.717) is 12.4 Å². The van der Waals surface area contributed by atoms with Crippen LogP contribution in [0.25, 0.3) is 22.3 Å². The Morgan fingerprint density at radius 1 is 1.24 bits per heavy atom. The zero-order valence-corrected chi connectivity index (χ0v) is 19.1. The van der Waals surface area contributed by atoms with Crippen LogP contribution in [0.3, 0.4) is 0 Å². The summed E-state index contributed by atoms with van der Waals surface area (Å²) in [7, 11) is 1.56. The number of imidazole rings is 1. The molecule has 9 heteroatoms. The molecule has 4 aromatic rings. The van der Waals surface area contributed by atoms with Gasteiger partial charge in [0.25, 0.3) is 0 Å². The fourth-order valence-corrected chi connectivity index (χ4v) is 4.52. The van der Waals surface area contributed by atoms with Crippen molar-refractivity contribution in [1.29, 1.82) is 0 Å². The van der Waals surface area contributed by atoms with E-state index >= 15 is 0 Å². The van der Waals surface area contributed by atoms with Gasteiger partial charge >= 0.3 is 0 Å². The molecule has 2 aromatic heterocycles. The zero-order valence-electron chi connectivity index (χ0n) is 18.3. The number of aryl methyl sites for hydroxylation is 1. The Bertz CT molecular complexity index is 1310. The highest BCUT2D eigenvalue weighted by molar-refractivity contribution is 7.99. The fraction of sp³-hybridized carbons (Fsp3) is 0.250. The van der Waals surface area contributed by atoms with Gasteiger partial charge in [0.05, 0.1) is 36.1 Å². The van der Waals surface area contributed by atoms with E-state index in [-0.39, 0.29) is 17.8 Å². The molecule has 1 aliphatic heterocycles. The molecule has 8 nitrogen and oxygen atoms in total. The van der Waals surface area contributed by atoms with Gasteiger partial charge in [-0.1, -0.05) is 30.0 Å². The van der Waals surface area contributed by atoms with Crippen molar-refractivity contribution in [3.63, 3.8) is 0 Å². The van der Waals surface area contributed by atoms with Crippen LogP contribution in [0.4, 0.5) is 0 Å². The first-order valence-electron chi connectivity index (χ1n) is 10.6. The summed E-state index contributed by atoms with van der Waals surface area (Å²) in [6.07, 6.45) is 0.596. The number of thioether (sulfide) groups is 1. The minimum Gasteiger partial charge on any atom is -0.487 e. The standard InChI is InChI=1S/C24H23N5O3S/c1-14-6-7-19-20(10-14)27-24(26-19)33-13-21(30)25-12-16-11-15-4-3-5-17(23(15)32-16)18-8-9-22(31-2)29-28-18/h3-10,16H,11-13H2,1-2H3,(H,25,30)(H,26,27)/t16-/m1/s1. The topological polar surface area (TPSA) is 102 Å². The Hall–Kier alpha value is -3.59. The number of hydrogen-bond acceptors (Lipinski definition) is 7. The third-order valence-electron chi connectivity index (χ3n) is 5.44. The lowest BCUT2D eigenvalue weighted by Crippen LogP contribution is -2.35. The fourth-order valence-electron chi connectivity index (χ4n) is 3.81. The molecule has 1 aliphatic rings. The van der Waals surface area contributed by atoms with Crippen molar-refractivity contribution in [1.82, 2.24) is 25.5 Å². The smallest absolute Gasteiger partial charge is 0.233 e. The van der Waals surface area contributed by atoms with Crippen LogP contribution >= 0.6 is 11.8 Å². The highest BCUT2D eigenvalue weighted by Crippen LogP contribution is 2.38. The van der Waals surface area contributed by atoms with Gasteiger partial charge in [0.1, 0.15) is 11.9 Å². The zero-order chi connectivity index (χ0) is 22.8. The summed E-state index contributed by atoms with van der Waals surface area (Å²) in [5, 5.41) is 12.0. The number of amides is 1. The summed E-state index contributed by atoms with van der Waals surface area (Å²) in [4.78, 5) is 20.2. The van der Waals surface area contributed by atoms with Crippen molar-refractivity contribution in [2.75, 3.05) is 19.4 Å². The van der Waals surface area contributed by atoms with E-state index in [1.807, 2.05) is 49.4 Å². The first-order valence-corrected chi connectivity index (χ1v) is 11.6. The second kappa shape index (κ2) is 9.11. The molecule has 2 aromatic carbocycles. The van der Waals surface area contributed by atoms with Gasteiger partial charge in [-0.05, 0) is 42.3 Å². The van der Waals surface area contributed by atoms with Crippen molar-refractivity contribution >= 4 is 28.7 Å². The van der Waals surface area contributed by atoms with Crippen LogP contribution in [0, 0.1) is 6.92 Å². The lowest BCUT2D eigenvalue weighted by atomic mass is 10.0. The number of para-hydroxylation sites is 1. The molecule has 33 heavy (non-hydrogen) atoms. The Balaban J connectivity index is 1.16. The SMILES string of the molecule is COc1ccc(-c2cccc3c2O[C@@H](CNC(=O)CSc2nc4ccc(C)cc4[nH]2)C3)nn1. The van der Waals surface area contributed by atoms with Gasteiger partial charge < -0.3 is 19.8 Å². The molecule has 0 spiro atoms. The van der Waals surface area contributed by atoms with E-state index in [2.05, 4.69) is 25.5 Å². The maximum absolute atomic E-state index is 12.4. The molecular formula is C24H23N5O3S. The van der Waals surface area contributed by atoms with E-state index in [9.17, 15) is 4.79 Å². The number of methoxy groups -OCH3 is 1. The van der Waals surface area contributed by atoms with Crippen LogP contribution in [-0.4, -0.2) is 51.6 Å². The van der Waals surface area contributed by atoms with Crippen LogP contribution in [0.15, 0.2) is 53.7 Å². The summed E-state index contributed by atoms with van der Waals surface area (Å²) in [6, 6.07) is 15.7. The van der Waals surface area contributed by atoms with Gasteiger partial charge in [0.15, 0.2) is 5.16 Å². The molecule has 0 saturated heterocycles. The summed E-state index contributed by atoms with van der Waals surface area (Å²) < 4.78 is 11.3. The summed E-state index contributed by atoms with van der Waals surface area (Å²) in [5.41, 5.74) is 5.74. The lowest BCUT2D eigenvalue weighted by Gasteiger charge is -2.13. The van der Waals surface area contributed by atoms with E-state index in [4.69, 9.17) is 9.47 Å². The van der Waals surface area contributed by atoms with Crippen LogP contribution in [0.2, 0.25) is 0 Å². The van der Waals surface area contributed by atoms with Gasteiger partial charge in [-0.15, -0.1) is 10.2 Å². The Labute approximate surface area is 195 Å². The largest absolute Gasteiger partial charge is 0.487 e. The molecule has 0 fully saturated rings. The number of carbonyl (C=O) groups excluding carboxylic acids is 1. The average Bonchev–Trinajstić information content (AvgIpc) is 3.44. The highest BCUT2D eigenvalue weighted by Gasteiger charge is 2.26. The molecular weight excluding hydrogens is 438 g/mol. The maximum atomic E-state index is 12.4. The molecule has 0 radical (unpaired) electrons. The Morgan fingerprint density at radius 3 is 2.97 bits per heavy atom. The third kappa shape index (κ3) is 4.63. The molecule has 1 amide bonds. The molecule has 0 saturated carbocycles. The second-order valence-electron chi connectivity index (χ2n) is 7.85. The molecule has 2 N–H and O–H groups in total. The van der Waals surface area contributed by atoms with Crippen LogP contribution in [-0.2, 0) is 11.2 Å². The molecule has 5 rings (SSSR count). The lowest BCUT2D eigenvalue weighted by molar-refractivity contribution is -0.118. The monoisotopic (exact) mass is 461 g/mol. The van der Waals surface area contributed by atoms with Gasteiger partial charge in [0.2, 0.25) is 11.8 Å². The van der Waals surface area contributed by atoms with Gasteiger partial charge in [-0.25, -0.2) is 4.98 Å². The molecule has 0 unspecified atom stereocenters. The normalized spacial score (nSPS) is 14.7. The van der Waals surface area contributed by atoms with Crippen molar-refractivity contribution < 1.29 is 14.3 Å². The molecule has 0 bridgehead atoms. The third-order valence-corrected chi connectivity index (χ3v) is 6.31.